The molecule has 0 spiro atoms. The Bertz CT molecular complexity index is 1210. The molecule has 0 saturated heterocycles. The van der Waals surface area contributed by atoms with Gasteiger partial charge in [0.1, 0.15) is 11.5 Å². The summed E-state index contributed by atoms with van der Waals surface area (Å²) in [5.74, 6) is 1.40. The van der Waals surface area contributed by atoms with Gasteiger partial charge in [0.05, 0.1) is 5.69 Å². The third-order valence-corrected chi connectivity index (χ3v) is 5.15. The molecular formula is C25H26N6O. The van der Waals surface area contributed by atoms with Crippen LogP contribution >= 0.6 is 0 Å². The van der Waals surface area contributed by atoms with Gasteiger partial charge < -0.3 is 15.2 Å². The smallest absolute Gasteiger partial charge is 0.251 e. The van der Waals surface area contributed by atoms with E-state index in [1.165, 1.54) is 0 Å². The van der Waals surface area contributed by atoms with Crippen molar-refractivity contribution in [3.05, 3.63) is 106 Å². The van der Waals surface area contributed by atoms with Crippen LogP contribution in [0.2, 0.25) is 0 Å². The van der Waals surface area contributed by atoms with E-state index in [0.717, 1.165) is 16.9 Å². The molecule has 3 heterocycles. The Hall–Kier alpha value is -3.84. The van der Waals surface area contributed by atoms with Crippen molar-refractivity contribution in [3.8, 4) is 11.5 Å². The number of hydrogen-bond acceptors (Lipinski definition) is 6. The number of aromatic nitrogens is 4. The van der Waals surface area contributed by atoms with Crippen LogP contribution in [0.4, 0.5) is 5.82 Å². The molecule has 2 N–H and O–H groups in total. The largest absolute Gasteiger partial charge is 0.362 e. The van der Waals surface area contributed by atoms with Gasteiger partial charge in [0.15, 0.2) is 5.82 Å². The molecule has 162 valence electrons. The fraction of sp³-hybridized carbons (Fsp3) is 0.200. The van der Waals surface area contributed by atoms with E-state index in [4.69, 9.17) is 4.98 Å². The van der Waals surface area contributed by atoms with E-state index in [-0.39, 0.29) is 11.6 Å². The molecule has 4 aromatic rings. The average Bonchev–Trinajstić information content (AvgIpc) is 2.82. The molecule has 0 unspecified atom stereocenters. The van der Waals surface area contributed by atoms with Gasteiger partial charge in [0.25, 0.3) is 5.56 Å². The van der Waals surface area contributed by atoms with Crippen molar-refractivity contribution < 1.29 is 0 Å². The van der Waals surface area contributed by atoms with Crippen molar-refractivity contribution in [1.82, 2.24) is 25.3 Å². The fourth-order valence-corrected chi connectivity index (χ4v) is 3.64. The first-order chi connectivity index (χ1) is 15.6. The summed E-state index contributed by atoms with van der Waals surface area (Å²) in [6.45, 7) is 0.636. The van der Waals surface area contributed by atoms with Crippen LogP contribution in [0, 0.1) is 0 Å². The fourth-order valence-electron chi connectivity index (χ4n) is 3.64. The molecule has 0 radical (unpaired) electrons. The number of H-pyrrole nitrogens is 1. The van der Waals surface area contributed by atoms with E-state index in [9.17, 15) is 4.79 Å². The average molecular weight is 427 g/mol. The predicted octanol–water partition coefficient (Wildman–Crippen LogP) is 3.37. The topological polar surface area (TPSA) is 86.8 Å². The number of hydrogen-bond donors (Lipinski definition) is 2. The lowest BCUT2D eigenvalue weighted by atomic mass is 10.0. The number of anilines is 1. The summed E-state index contributed by atoms with van der Waals surface area (Å²) < 4.78 is 0. The molecule has 1 aromatic carbocycles. The number of nitrogens with zero attached hydrogens (tertiary/aromatic N) is 4. The highest BCUT2D eigenvalue weighted by Crippen LogP contribution is 2.21. The van der Waals surface area contributed by atoms with Gasteiger partial charge in [-0.05, 0) is 23.8 Å². The van der Waals surface area contributed by atoms with Crippen molar-refractivity contribution in [2.75, 3.05) is 19.0 Å². The van der Waals surface area contributed by atoms with Gasteiger partial charge in [-0.15, -0.1) is 0 Å². The maximum absolute atomic E-state index is 12.3. The Morgan fingerprint density at radius 2 is 1.75 bits per heavy atom. The molecule has 7 heteroatoms. The molecule has 0 bridgehead atoms. The van der Waals surface area contributed by atoms with E-state index in [0.29, 0.717) is 30.2 Å². The van der Waals surface area contributed by atoms with Crippen molar-refractivity contribution in [3.63, 3.8) is 0 Å². The molecule has 0 amide bonds. The molecule has 0 saturated carbocycles. The zero-order valence-electron chi connectivity index (χ0n) is 18.2. The summed E-state index contributed by atoms with van der Waals surface area (Å²) in [6.07, 6.45) is 4.05. The Kier molecular flexibility index (Phi) is 6.67. The monoisotopic (exact) mass is 426 g/mol. The van der Waals surface area contributed by atoms with Crippen LogP contribution < -0.4 is 15.8 Å². The highest BCUT2D eigenvalue weighted by Gasteiger charge is 2.16. The zero-order valence-corrected chi connectivity index (χ0v) is 18.2. The number of benzene rings is 1. The van der Waals surface area contributed by atoms with Crippen molar-refractivity contribution >= 4 is 5.82 Å². The molecule has 0 aliphatic heterocycles. The van der Waals surface area contributed by atoms with Gasteiger partial charge in [-0.1, -0.05) is 42.5 Å². The summed E-state index contributed by atoms with van der Waals surface area (Å²) >= 11 is 0. The third-order valence-electron chi connectivity index (χ3n) is 5.15. The minimum Gasteiger partial charge on any atom is -0.362 e. The summed E-state index contributed by atoms with van der Waals surface area (Å²) in [4.78, 5) is 30.6. The van der Waals surface area contributed by atoms with Crippen LogP contribution in [0.1, 0.15) is 22.9 Å². The van der Waals surface area contributed by atoms with E-state index in [1.54, 1.807) is 18.5 Å². The van der Waals surface area contributed by atoms with E-state index >= 15 is 0 Å². The molecule has 4 rings (SSSR count). The molecular weight excluding hydrogens is 400 g/mol. The Morgan fingerprint density at radius 1 is 0.969 bits per heavy atom. The minimum absolute atomic E-state index is 0.0303. The normalized spacial score (nSPS) is 11.8. The molecule has 3 aromatic heterocycles. The molecule has 32 heavy (non-hydrogen) atoms. The minimum atomic E-state index is -0.190. The maximum Gasteiger partial charge on any atom is 0.251 e. The maximum atomic E-state index is 12.3. The van der Waals surface area contributed by atoms with Crippen LogP contribution in [0.25, 0.3) is 11.5 Å². The second-order valence-corrected chi connectivity index (χ2v) is 7.73. The first-order valence-corrected chi connectivity index (χ1v) is 10.5. The number of aromatic amines is 1. The van der Waals surface area contributed by atoms with Gasteiger partial charge in [-0.3, -0.25) is 9.78 Å². The van der Waals surface area contributed by atoms with Gasteiger partial charge in [-0.2, -0.15) is 0 Å². The lowest BCUT2D eigenvalue weighted by Gasteiger charge is -2.21. The Morgan fingerprint density at radius 3 is 2.50 bits per heavy atom. The first-order valence-electron chi connectivity index (χ1n) is 10.5. The van der Waals surface area contributed by atoms with Crippen LogP contribution in [0.3, 0.4) is 0 Å². The quantitative estimate of drug-likeness (QED) is 0.449. The highest BCUT2D eigenvalue weighted by molar-refractivity contribution is 5.48. The second-order valence-electron chi connectivity index (χ2n) is 7.73. The zero-order chi connectivity index (χ0) is 22.3. The summed E-state index contributed by atoms with van der Waals surface area (Å²) in [5.41, 5.74) is 3.39. The standard InChI is InChI=1S/C25H26N6O/c1-31(2)25-19(11-8-14-27-25)17-28-22(18-9-4-3-5-10-18)15-20-16-23(32)30-24(29-20)21-12-6-7-13-26-21/h3-14,16,22,28H,15,17H2,1-2H3,(H,29,30,32)/t22-/m0/s1. The summed E-state index contributed by atoms with van der Waals surface area (Å²) in [7, 11) is 3.97. The summed E-state index contributed by atoms with van der Waals surface area (Å²) in [6, 6.07) is 21.3. The third kappa shape index (κ3) is 5.25. The Balaban J connectivity index is 1.61. The molecule has 7 nitrogen and oxygen atoms in total. The lowest BCUT2D eigenvalue weighted by molar-refractivity contribution is 0.524. The van der Waals surface area contributed by atoms with Crippen LogP contribution in [0.15, 0.2) is 83.9 Å². The second kappa shape index (κ2) is 9.98. The number of rotatable bonds is 8. The van der Waals surface area contributed by atoms with Gasteiger partial charge >= 0.3 is 0 Å². The van der Waals surface area contributed by atoms with Gasteiger partial charge in [0, 0.05) is 57.1 Å². The number of pyridine rings is 2. The molecule has 0 aliphatic carbocycles. The van der Waals surface area contributed by atoms with Crippen LogP contribution in [-0.4, -0.2) is 34.0 Å². The number of nitrogens with one attached hydrogen (secondary N) is 2. The molecule has 0 fully saturated rings. The van der Waals surface area contributed by atoms with Crippen molar-refractivity contribution in [1.29, 1.82) is 0 Å². The molecule has 1 atom stereocenters. The summed E-state index contributed by atoms with van der Waals surface area (Å²) in [5, 5.41) is 3.64. The van der Waals surface area contributed by atoms with Gasteiger partial charge in [0.2, 0.25) is 0 Å². The SMILES string of the molecule is CN(C)c1ncccc1CN[C@@H](Cc1cc(=O)[nH]c(-c2ccccn2)n1)c1ccccc1. The first kappa shape index (κ1) is 21.4. The van der Waals surface area contributed by atoms with Crippen LogP contribution in [-0.2, 0) is 13.0 Å². The van der Waals surface area contributed by atoms with Crippen molar-refractivity contribution in [2.45, 2.75) is 19.0 Å². The van der Waals surface area contributed by atoms with Gasteiger partial charge in [-0.25, -0.2) is 9.97 Å². The predicted molar refractivity (Wildman–Crippen MR) is 126 cm³/mol. The van der Waals surface area contributed by atoms with E-state index in [1.807, 2.05) is 61.5 Å². The highest BCUT2D eigenvalue weighted by atomic mass is 16.1. The lowest BCUT2D eigenvalue weighted by Crippen LogP contribution is -2.25. The molecule has 0 aliphatic rings. The van der Waals surface area contributed by atoms with Crippen molar-refractivity contribution in [2.24, 2.45) is 0 Å². The van der Waals surface area contributed by atoms with Crippen LogP contribution in [0.5, 0.6) is 0 Å². The van der Waals surface area contributed by atoms with E-state index in [2.05, 4.69) is 38.5 Å². The van der Waals surface area contributed by atoms with E-state index < -0.39 is 0 Å². The Labute approximate surface area is 187 Å².